The van der Waals surface area contributed by atoms with Gasteiger partial charge in [-0.05, 0) is 42.5 Å². The summed E-state index contributed by atoms with van der Waals surface area (Å²) in [7, 11) is 0. The Labute approximate surface area is 187 Å². The number of fused-ring (bicyclic) bond motifs is 1. The second kappa shape index (κ2) is 7.93. The first-order valence-electron chi connectivity index (χ1n) is 10.7. The van der Waals surface area contributed by atoms with Crippen LogP contribution in [0.2, 0.25) is 0 Å². The molecule has 33 heavy (non-hydrogen) atoms. The van der Waals surface area contributed by atoms with Gasteiger partial charge < -0.3 is 9.47 Å². The number of halogens is 1. The number of hydrogen-bond donors (Lipinski definition) is 1. The van der Waals surface area contributed by atoms with E-state index in [-0.39, 0.29) is 12.0 Å². The highest BCUT2D eigenvalue weighted by atomic mass is 19.1. The third-order valence-corrected chi connectivity index (χ3v) is 6.27. The largest absolute Gasteiger partial charge is 0.447 e. The fraction of sp³-hybridized carbons (Fsp3) is 0.318. The van der Waals surface area contributed by atoms with Crippen molar-refractivity contribution in [2.75, 3.05) is 24.7 Å². The van der Waals surface area contributed by atoms with Gasteiger partial charge in [-0.2, -0.15) is 10.2 Å². The van der Waals surface area contributed by atoms with Crippen LogP contribution in [0, 0.1) is 11.7 Å². The van der Waals surface area contributed by atoms with E-state index in [9.17, 15) is 9.18 Å². The van der Waals surface area contributed by atoms with Crippen LogP contribution in [0.4, 0.5) is 15.0 Å². The Balaban J connectivity index is 1.37. The van der Waals surface area contributed by atoms with Crippen molar-refractivity contribution in [3.63, 3.8) is 0 Å². The maximum Gasteiger partial charge on any atom is 0.415 e. The van der Waals surface area contributed by atoms with E-state index in [1.165, 1.54) is 12.4 Å². The Kier molecular flexibility index (Phi) is 4.75. The summed E-state index contributed by atoms with van der Waals surface area (Å²) in [6.07, 6.45) is 6.03. The highest BCUT2D eigenvalue weighted by molar-refractivity contribution is 5.90. The monoisotopic (exact) mass is 449 g/mol. The topological polar surface area (TPSA) is 111 Å². The second-order valence-corrected chi connectivity index (χ2v) is 8.10. The number of aromatic amines is 1. The zero-order valence-electron chi connectivity index (χ0n) is 17.5. The predicted octanol–water partition coefficient (Wildman–Crippen LogP) is 3.07. The van der Waals surface area contributed by atoms with Gasteiger partial charge in [-0.25, -0.2) is 23.7 Å². The summed E-state index contributed by atoms with van der Waals surface area (Å²) in [5, 5.41) is 10.8. The first-order valence-corrected chi connectivity index (χ1v) is 10.7. The molecule has 0 radical (unpaired) electrons. The lowest BCUT2D eigenvalue weighted by Gasteiger charge is -2.31. The first-order chi connectivity index (χ1) is 16.2. The van der Waals surface area contributed by atoms with E-state index < -0.39 is 11.9 Å². The fourth-order valence-corrected chi connectivity index (χ4v) is 4.55. The molecule has 1 unspecified atom stereocenters. The molecule has 0 aliphatic carbocycles. The summed E-state index contributed by atoms with van der Waals surface area (Å²) in [6, 6.07) is 6.48. The van der Waals surface area contributed by atoms with E-state index >= 15 is 0 Å². The van der Waals surface area contributed by atoms with Gasteiger partial charge in [0, 0.05) is 25.0 Å². The fourth-order valence-electron chi connectivity index (χ4n) is 4.55. The van der Waals surface area contributed by atoms with Crippen molar-refractivity contribution >= 4 is 17.6 Å². The number of amides is 1. The van der Waals surface area contributed by atoms with E-state index in [2.05, 4.69) is 20.3 Å². The number of cyclic esters (lactones) is 1. The van der Waals surface area contributed by atoms with Crippen molar-refractivity contribution in [1.29, 1.82) is 0 Å². The van der Waals surface area contributed by atoms with Gasteiger partial charge >= 0.3 is 6.09 Å². The summed E-state index contributed by atoms with van der Waals surface area (Å²) in [5.74, 6) is 0.681. The van der Waals surface area contributed by atoms with Crippen LogP contribution < -0.4 is 4.90 Å². The molecule has 1 amide bonds. The number of carbonyl (C=O) groups excluding carboxylic acids is 1. The van der Waals surface area contributed by atoms with Gasteiger partial charge in [0.15, 0.2) is 11.5 Å². The molecule has 168 valence electrons. The lowest BCUT2D eigenvalue weighted by Crippen LogP contribution is -2.41. The molecular formula is C22H20FN7O3. The van der Waals surface area contributed by atoms with E-state index in [0.29, 0.717) is 53.8 Å². The molecule has 2 aliphatic heterocycles. The molecule has 6 rings (SSSR count). The lowest BCUT2D eigenvalue weighted by molar-refractivity contribution is 0.0564. The van der Waals surface area contributed by atoms with Crippen molar-refractivity contribution in [2.24, 2.45) is 5.92 Å². The smallest absolute Gasteiger partial charge is 0.415 e. The minimum Gasteiger partial charge on any atom is -0.447 e. The summed E-state index contributed by atoms with van der Waals surface area (Å²) in [5.41, 5.74) is 2.10. The standard InChI is InChI=1S/C22H20FN7O3/c23-17-9-14(1-2-15(17)20-24-12-25-28-20)16-10-26-29-6-3-19(27-21(16)29)30-18(11-33-22(30)31)13-4-7-32-8-5-13/h1-3,6,9-10,12-13,18H,4-5,7-8,11H2,(H,24,25,28). The normalized spacial score (nSPS) is 19.4. The number of nitrogens with one attached hydrogen (secondary N) is 1. The van der Waals surface area contributed by atoms with Gasteiger partial charge in [0.1, 0.15) is 24.6 Å². The average molecular weight is 449 g/mol. The van der Waals surface area contributed by atoms with Crippen LogP contribution in [0.1, 0.15) is 12.8 Å². The molecule has 0 spiro atoms. The van der Waals surface area contributed by atoms with Crippen LogP contribution in [0.25, 0.3) is 28.2 Å². The predicted molar refractivity (Wildman–Crippen MR) is 115 cm³/mol. The molecule has 5 heterocycles. The number of benzene rings is 1. The molecule has 10 nitrogen and oxygen atoms in total. The van der Waals surface area contributed by atoms with Gasteiger partial charge in [-0.15, -0.1) is 0 Å². The molecular weight excluding hydrogens is 429 g/mol. The molecule has 4 aromatic rings. The molecule has 2 saturated heterocycles. The molecule has 3 aromatic heterocycles. The van der Waals surface area contributed by atoms with E-state index in [4.69, 9.17) is 14.5 Å². The number of rotatable bonds is 4. The Morgan fingerprint density at radius 3 is 2.82 bits per heavy atom. The van der Waals surface area contributed by atoms with Crippen LogP contribution in [-0.4, -0.2) is 61.7 Å². The molecule has 1 atom stereocenters. The van der Waals surface area contributed by atoms with Gasteiger partial charge in [-0.1, -0.05) is 6.07 Å². The van der Waals surface area contributed by atoms with Crippen LogP contribution in [-0.2, 0) is 9.47 Å². The number of aromatic nitrogens is 6. The van der Waals surface area contributed by atoms with Crippen LogP contribution in [0.3, 0.4) is 0 Å². The van der Waals surface area contributed by atoms with E-state index in [0.717, 1.165) is 12.8 Å². The minimum absolute atomic E-state index is 0.0960. The summed E-state index contributed by atoms with van der Waals surface area (Å²) >= 11 is 0. The third-order valence-electron chi connectivity index (χ3n) is 6.27. The zero-order valence-corrected chi connectivity index (χ0v) is 17.5. The highest BCUT2D eigenvalue weighted by Gasteiger charge is 2.40. The minimum atomic E-state index is -0.442. The van der Waals surface area contributed by atoms with Crippen molar-refractivity contribution in [1.82, 2.24) is 29.8 Å². The number of ether oxygens (including phenoxy) is 2. The third kappa shape index (κ3) is 3.41. The molecule has 2 aliphatic rings. The first kappa shape index (κ1) is 19.8. The van der Waals surface area contributed by atoms with E-state index in [1.807, 2.05) is 0 Å². The number of carbonyl (C=O) groups is 1. The second-order valence-electron chi connectivity index (χ2n) is 8.10. The number of nitrogens with zero attached hydrogens (tertiary/aromatic N) is 6. The van der Waals surface area contributed by atoms with Crippen molar-refractivity contribution < 1.29 is 18.7 Å². The van der Waals surface area contributed by atoms with E-state index in [1.54, 1.807) is 40.0 Å². The van der Waals surface area contributed by atoms with Crippen LogP contribution in [0.15, 0.2) is 43.0 Å². The Bertz CT molecular complexity index is 1320. The molecule has 1 aromatic carbocycles. The van der Waals surface area contributed by atoms with Crippen molar-refractivity contribution in [2.45, 2.75) is 18.9 Å². The zero-order chi connectivity index (χ0) is 22.4. The maximum absolute atomic E-state index is 14.8. The molecule has 0 bridgehead atoms. The summed E-state index contributed by atoms with van der Waals surface area (Å²) < 4.78 is 27.3. The molecule has 2 fully saturated rings. The van der Waals surface area contributed by atoms with Crippen molar-refractivity contribution in [3.05, 3.63) is 48.8 Å². The summed E-state index contributed by atoms with van der Waals surface area (Å²) in [6.45, 7) is 1.69. The number of hydrogen-bond acceptors (Lipinski definition) is 7. The maximum atomic E-state index is 14.8. The number of anilines is 1. The molecule has 1 N–H and O–H groups in total. The Morgan fingerprint density at radius 2 is 2.03 bits per heavy atom. The van der Waals surface area contributed by atoms with Gasteiger partial charge in [0.05, 0.1) is 17.8 Å². The van der Waals surface area contributed by atoms with Gasteiger partial charge in [0.2, 0.25) is 0 Å². The number of H-pyrrole nitrogens is 1. The Hall–Kier alpha value is -3.86. The molecule has 11 heteroatoms. The lowest BCUT2D eigenvalue weighted by atomic mass is 9.91. The van der Waals surface area contributed by atoms with Crippen LogP contribution >= 0.6 is 0 Å². The Morgan fingerprint density at radius 1 is 1.15 bits per heavy atom. The molecule has 0 saturated carbocycles. The van der Waals surface area contributed by atoms with Gasteiger partial charge in [0.25, 0.3) is 0 Å². The van der Waals surface area contributed by atoms with Crippen LogP contribution in [0.5, 0.6) is 0 Å². The SMILES string of the molecule is O=C1OCC(C2CCOCC2)N1c1ccn2ncc(-c3ccc(-c4ncn[nH]4)c(F)c3)c2n1. The quantitative estimate of drug-likeness (QED) is 0.510. The average Bonchev–Trinajstić information content (AvgIpc) is 3.59. The highest BCUT2D eigenvalue weighted by Crippen LogP contribution is 2.33. The summed E-state index contributed by atoms with van der Waals surface area (Å²) in [4.78, 5) is 23.0. The van der Waals surface area contributed by atoms with Crippen molar-refractivity contribution in [3.8, 4) is 22.5 Å². The van der Waals surface area contributed by atoms with Gasteiger partial charge in [-0.3, -0.25) is 10.00 Å².